The summed E-state index contributed by atoms with van der Waals surface area (Å²) in [6.45, 7) is 0.492. The van der Waals surface area contributed by atoms with Crippen molar-refractivity contribution in [3.05, 3.63) is 29.8 Å². The summed E-state index contributed by atoms with van der Waals surface area (Å²) in [5.41, 5.74) is 2.09. The molecule has 1 saturated heterocycles. The highest BCUT2D eigenvalue weighted by Gasteiger charge is 2.27. The van der Waals surface area contributed by atoms with Gasteiger partial charge in [-0.25, -0.2) is 0 Å². The van der Waals surface area contributed by atoms with Gasteiger partial charge < -0.3 is 15.7 Å². The number of carbonyl (C=O) groups excluding carboxylic acids is 1. The first-order valence-corrected chi connectivity index (χ1v) is 7.88. The first kappa shape index (κ1) is 14.4. The molecule has 1 aliphatic rings. The van der Waals surface area contributed by atoms with E-state index in [9.17, 15) is 9.90 Å². The zero-order valence-electron chi connectivity index (χ0n) is 11.1. The lowest BCUT2D eigenvalue weighted by Crippen LogP contribution is -2.35. The number of nitrogens with one attached hydrogen (secondary N) is 2. The SMILES string of the molecule is CSCCc1ccc(NC(=O)C2CC(O)CN2)cc1. The fourth-order valence-corrected chi connectivity index (χ4v) is 2.56. The zero-order chi connectivity index (χ0) is 13.7. The van der Waals surface area contributed by atoms with Gasteiger partial charge in [0.05, 0.1) is 12.1 Å². The molecule has 104 valence electrons. The molecule has 0 aromatic heterocycles. The normalized spacial score (nSPS) is 22.4. The Bertz CT molecular complexity index is 422. The van der Waals surface area contributed by atoms with E-state index >= 15 is 0 Å². The van der Waals surface area contributed by atoms with Crippen LogP contribution in [0.15, 0.2) is 24.3 Å². The van der Waals surface area contributed by atoms with Crippen LogP contribution in [0.1, 0.15) is 12.0 Å². The van der Waals surface area contributed by atoms with E-state index in [0.29, 0.717) is 13.0 Å². The number of hydrogen-bond acceptors (Lipinski definition) is 4. The van der Waals surface area contributed by atoms with Gasteiger partial charge in [-0.05, 0) is 42.5 Å². The van der Waals surface area contributed by atoms with Crippen LogP contribution in [-0.2, 0) is 11.2 Å². The predicted molar refractivity (Wildman–Crippen MR) is 79.6 cm³/mol. The van der Waals surface area contributed by atoms with E-state index in [0.717, 1.165) is 17.9 Å². The molecule has 2 unspecified atom stereocenters. The van der Waals surface area contributed by atoms with Crippen molar-refractivity contribution in [3.63, 3.8) is 0 Å². The third kappa shape index (κ3) is 4.23. The lowest BCUT2D eigenvalue weighted by molar-refractivity contribution is -0.117. The molecular formula is C14H20N2O2S. The average molecular weight is 280 g/mol. The maximum absolute atomic E-state index is 11.9. The lowest BCUT2D eigenvalue weighted by Gasteiger charge is -2.11. The number of benzene rings is 1. The molecule has 3 N–H and O–H groups in total. The van der Waals surface area contributed by atoms with Crippen molar-refractivity contribution in [1.29, 1.82) is 0 Å². The number of aryl methyl sites for hydroxylation is 1. The van der Waals surface area contributed by atoms with Gasteiger partial charge in [-0.2, -0.15) is 11.8 Å². The molecule has 2 atom stereocenters. The quantitative estimate of drug-likeness (QED) is 0.760. The number of amides is 1. The number of rotatable bonds is 5. The molecule has 1 aromatic carbocycles. The van der Waals surface area contributed by atoms with Gasteiger partial charge in [0, 0.05) is 12.2 Å². The van der Waals surface area contributed by atoms with E-state index < -0.39 is 6.10 Å². The Morgan fingerprint density at radius 3 is 2.79 bits per heavy atom. The van der Waals surface area contributed by atoms with E-state index in [1.165, 1.54) is 5.56 Å². The van der Waals surface area contributed by atoms with Crippen LogP contribution in [0.5, 0.6) is 0 Å². The second-order valence-corrected chi connectivity index (χ2v) is 5.76. The molecule has 0 saturated carbocycles. The largest absolute Gasteiger partial charge is 0.392 e. The summed E-state index contributed by atoms with van der Waals surface area (Å²) in [5, 5.41) is 15.3. The second kappa shape index (κ2) is 6.93. The minimum Gasteiger partial charge on any atom is -0.392 e. The monoisotopic (exact) mass is 280 g/mol. The highest BCUT2D eigenvalue weighted by atomic mass is 32.2. The van der Waals surface area contributed by atoms with E-state index in [1.54, 1.807) is 0 Å². The highest BCUT2D eigenvalue weighted by molar-refractivity contribution is 7.98. The molecule has 0 radical (unpaired) electrons. The van der Waals surface area contributed by atoms with Gasteiger partial charge in [-0.1, -0.05) is 12.1 Å². The van der Waals surface area contributed by atoms with Crippen molar-refractivity contribution in [3.8, 4) is 0 Å². The molecule has 19 heavy (non-hydrogen) atoms. The molecule has 0 spiro atoms. The molecule has 1 aliphatic heterocycles. The number of carbonyl (C=O) groups is 1. The highest BCUT2D eigenvalue weighted by Crippen LogP contribution is 2.14. The topological polar surface area (TPSA) is 61.4 Å². The van der Waals surface area contributed by atoms with Crippen LogP contribution in [0.4, 0.5) is 5.69 Å². The van der Waals surface area contributed by atoms with Crippen LogP contribution < -0.4 is 10.6 Å². The minimum atomic E-state index is -0.412. The van der Waals surface area contributed by atoms with Crippen LogP contribution in [0, 0.1) is 0 Å². The summed E-state index contributed by atoms with van der Waals surface area (Å²) < 4.78 is 0. The number of β-amino-alcohol motifs (C(OH)–C–C–N with tert-alkyl or cyclic N) is 1. The summed E-state index contributed by atoms with van der Waals surface area (Å²) in [6, 6.07) is 7.66. The molecule has 4 nitrogen and oxygen atoms in total. The molecule has 1 fully saturated rings. The van der Waals surface area contributed by atoms with Gasteiger partial charge in [0.25, 0.3) is 0 Å². The first-order chi connectivity index (χ1) is 9.19. The van der Waals surface area contributed by atoms with E-state index in [-0.39, 0.29) is 11.9 Å². The van der Waals surface area contributed by atoms with Crippen LogP contribution in [0.3, 0.4) is 0 Å². The van der Waals surface area contributed by atoms with Crippen molar-refractivity contribution >= 4 is 23.4 Å². The minimum absolute atomic E-state index is 0.0755. The van der Waals surface area contributed by atoms with Crippen molar-refractivity contribution in [1.82, 2.24) is 5.32 Å². The summed E-state index contributed by atoms with van der Waals surface area (Å²) in [6.07, 6.45) is 3.21. The summed E-state index contributed by atoms with van der Waals surface area (Å²) in [7, 11) is 0. The van der Waals surface area contributed by atoms with Gasteiger partial charge >= 0.3 is 0 Å². The average Bonchev–Trinajstić information content (AvgIpc) is 2.85. The Hall–Kier alpha value is -1.04. The predicted octanol–water partition coefficient (Wildman–Crippen LogP) is 1.25. The number of aliphatic hydroxyl groups is 1. The smallest absolute Gasteiger partial charge is 0.241 e. The summed E-state index contributed by atoms with van der Waals surface area (Å²) in [5.74, 6) is 1.03. The van der Waals surface area contributed by atoms with Gasteiger partial charge in [-0.3, -0.25) is 4.79 Å². The van der Waals surface area contributed by atoms with Gasteiger partial charge in [-0.15, -0.1) is 0 Å². The second-order valence-electron chi connectivity index (χ2n) is 4.78. The molecule has 1 amide bonds. The van der Waals surface area contributed by atoms with Crippen molar-refractivity contribution < 1.29 is 9.90 Å². The number of thioether (sulfide) groups is 1. The van der Waals surface area contributed by atoms with Crippen LogP contribution in [-0.4, -0.2) is 41.7 Å². The van der Waals surface area contributed by atoms with Crippen LogP contribution >= 0.6 is 11.8 Å². The number of aliphatic hydroxyl groups excluding tert-OH is 1. The maximum atomic E-state index is 11.9. The van der Waals surface area contributed by atoms with E-state index in [2.05, 4.69) is 16.9 Å². The molecule has 1 aromatic rings. The summed E-state index contributed by atoms with van der Waals surface area (Å²) >= 11 is 1.83. The standard InChI is InChI=1S/C14H20N2O2S/c1-19-7-6-10-2-4-11(5-3-10)16-14(18)13-8-12(17)9-15-13/h2-5,12-13,15,17H,6-9H2,1H3,(H,16,18). The Kier molecular flexibility index (Phi) is 5.24. The van der Waals surface area contributed by atoms with Gasteiger partial charge in [0.1, 0.15) is 0 Å². The maximum Gasteiger partial charge on any atom is 0.241 e. The van der Waals surface area contributed by atoms with Crippen molar-refractivity contribution in [2.75, 3.05) is 23.9 Å². The fourth-order valence-electron chi connectivity index (χ4n) is 2.12. The van der Waals surface area contributed by atoms with Crippen LogP contribution in [0.25, 0.3) is 0 Å². The molecule has 0 aliphatic carbocycles. The fraction of sp³-hybridized carbons (Fsp3) is 0.500. The van der Waals surface area contributed by atoms with Crippen molar-refractivity contribution in [2.24, 2.45) is 0 Å². The Labute approximate surface area is 118 Å². The Morgan fingerprint density at radius 1 is 1.47 bits per heavy atom. The lowest BCUT2D eigenvalue weighted by atomic mass is 10.1. The van der Waals surface area contributed by atoms with Crippen molar-refractivity contribution in [2.45, 2.75) is 25.0 Å². The molecule has 1 heterocycles. The zero-order valence-corrected chi connectivity index (χ0v) is 11.9. The Balaban J connectivity index is 1.87. The summed E-state index contributed by atoms with van der Waals surface area (Å²) in [4.78, 5) is 11.9. The first-order valence-electron chi connectivity index (χ1n) is 6.49. The molecular weight excluding hydrogens is 260 g/mol. The third-order valence-corrected chi connectivity index (χ3v) is 3.85. The van der Waals surface area contributed by atoms with Gasteiger partial charge in [0.15, 0.2) is 0 Å². The van der Waals surface area contributed by atoms with E-state index in [4.69, 9.17) is 0 Å². The third-order valence-electron chi connectivity index (χ3n) is 3.24. The van der Waals surface area contributed by atoms with E-state index in [1.807, 2.05) is 36.0 Å². The Morgan fingerprint density at radius 2 is 2.21 bits per heavy atom. The molecule has 0 bridgehead atoms. The molecule has 2 rings (SSSR count). The number of anilines is 1. The number of hydrogen-bond donors (Lipinski definition) is 3. The van der Waals surface area contributed by atoms with Gasteiger partial charge in [0.2, 0.25) is 5.91 Å². The van der Waals surface area contributed by atoms with Crippen LogP contribution in [0.2, 0.25) is 0 Å². The molecule has 5 heteroatoms.